The number of aryl methyl sites for hydroxylation is 2. The Morgan fingerprint density at radius 3 is 1.86 bits per heavy atom. The fraction of sp³-hybridized carbons (Fsp3) is 0.300. The quantitative estimate of drug-likeness (QED) is 0.472. The fourth-order valence-corrected chi connectivity index (χ4v) is 4.58. The van der Waals surface area contributed by atoms with Gasteiger partial charge in [-0.3, -0.25) is 4.79 Å². The SMILES string of the molecule is CC.CC.Cc1ccsc1C1=NC(=O)c2c(-c3sccc3C)[nH]c(O)c21.[Ar].[Ar]. The molecule has 154 valence electrons. The number of rotatable bonds is 2. The maximum Gasteiger partial charge on any atom is 0.280 e. The van der Waals surface area contributed by atoms with Gasteiger partial charge in [-0.2, -0.15) is 0 Å². The Hall–Kier alpha value is 0.339. The molecule has 2 N–H and O–H groups in total. The van der Waals surface area contributed by atoms with Gasteiger partial charge in [0.25, 0.3) is 5.91 Å². The van der Waals surface area contributed by atoms with Crippen LogP contribution in [0.3, 0.4) is 0 Å². The molecule has 28 heavy (non-hydrogen) atoms. The van der Waals surface area contributed by atoms with Crippen LogP contribution >= 0.6 is 22.7 Å². The number of carbonyl (C=O) groups is 1. The van der Waals surface area contributed by atoms with Gasteiger partial charge >= 0.3 is 0 Å². The first kappa shape index (κ1) is 28.3. The minimum atomic E-state index is -0.294. The van der Waals surface area contributed by atoms with Crippen molar-refractivity contribution in [1.82, 2.24) is 4.98 Å². The average molecular weight is 468 g/mol. The summed E-state index contributed by atoms with van der Waals surface area (Å²) in [7, 11) is 0. The van der Waals surface area contributed by atoms with Gasteiger partial charge in [-0.25, -0.2) is 4.99 Å². The van der Waals surface area contributed by atoms with E-state index in [1.807, 2.05) is 64.4 Å². The van der Waals surface area contributed by atoms with E-state index in [0.717, 1.165) is 20.9 Å². The van der Waals surface area contributed by atoms with Crippen LogP contribution in [0.2, 0.25) is 0 Å². The first-order chi connectivity index (χ1) is 12.6. The molecule has 0 fully saturated rings. The van der Waals surface area contributed by atoms with Crippen LogP contribution in [0.1, 0.15) is 59.6 Å². The molecule has 4 rings (SSSR count). The standard InChI is InChI=1S/C16H12N2O2S2.2C2H6.2Ar/c1-7-3-5-21-13(7)11-9-10(16(20)17-11)12(18-15(9)19)14-8(2)4-6-22-14;2*1-2;;/h3-6,17,20H,1-2H3;2*1-2H3;;. The van der Waals surface area contributed by atoms with Crippen LogP contribution in [-0.4, -0.2) is 21.7 Å². The summed E-state index contributed by atoms with van der Waals surface area (Å²) >= 11 is 3.07. The van der Waals surface area contributed by atoms with E-state index in [-0.39, 0.29) is 87.3 Å². The van der Waals surface area contributed by atoms with Crippen molar-refractivity contribution in [3.63, 3.8) is 0 Å². The van der Waals surface area contributed by atoms with Gasteiger partial charge in [-0.15, -0.1) is 22.7 Å². The summed E-state index contributed by atoms with van der Waals surface area (Å²) in [5.41, 5.74) is 4.37. The van der Waals surface area contributed by atoms with E-state index in [0.29, 0.717) is 22.5 Å². The van der Waals surface area contributed by atoms with Crippen molar-refractivity contribution in [2.75, 3.05) is 0 Å². The van der Waals surface area contributed by atoms with Gasteiger partial charge in [-0.1, -0.05) is 27.7 Å². The molecule has 3 aromatic heterocycles. The van der Waals surface area contributed by atoms with Crippen molar-refractivity contribution in [3.8, 4) is 16.5 Å². The number of nitrogens with one attached hydrogen (secondary N) is 1. The van der Waals surface area contributed by atoms with Crippen molar-refractivity contribution in [2.24, 2.45) is 4.99 Å². The molecule has 4 heterocycles. The predicted molar refractivity (Wildman–Crippen MR) is 112 cm³/mol. The number of aromatic nitrogens is 1. The Morgan fingerprint density at radius 1 is 0.893 bits per heavy atom. The Morgan fingerprint density at radius 2 is 1.39 bits per heavy atom. The number of fused-ring (bicyclic) bond motifs is 1. The molecule has 1 aliphatic rings. The summed E-state index contributed by atoms with van der Waals surface area (Å²) in [6.45, 7) is 12.0. The molecule has 0 atom stereocenters. The zero-order chi connectivity index (χ0) is 19.4. The summed E-state index contributed by atoms with van der Waals surface area (Å²) < 4.78 is 0. The Labute approximate surface area is 234 Å². The van der Waals surface area contributed by atoms with E-state index in [1.54, 1.807) is 11.3 Å². The first-order valence-electron chi connectivity index (χ1n) is 8.75. The second-order valence-corrected chi connectivity index (χ2v) is 7.06. The molecule has 0 aliphatic carbocycles. The number of amides is 1. The summed E-state index contributed by atoms with van der Waals surface area (Å²) in [5, 5.41) is 14.3. The van der Waals surface area contributed by atoms with Crippen LogP contribution in [0.5, 0.6) is 5.88 Å². The maximum absolute atomic E-state index is 12.4. The number of aliphatic imine (C=N–C) groups is 1. The number of carbonyl (C=O) groups excluding carboxylic acids is 1. The summed E-state index contributed by atoms with van der Waals surface area (Å²) in [5.74, 6) is -0.285. The molecule has 0 saturated heterocycles. The minimum Gasteiger partial charge on any atom is -0.494 e. The van der Waals surface area contributed by atoms with Crippen LogP contribution in [0, 0.1) is 89.3 Å². The van der Waals surface area contributed by atoms with E-state index < -0.39 is 0 Å². The van der Waals surface area contributed by atoms with Crippen LogP contribution in [-0.2, 0) is 0 Å². The van der Waals surface area contributed by atoms with Gasteiger partial charge in [0.1, 0.15) is 0 Å². The van der Waals surface area contributed by atoms with Crippen LogP contribution in [0.25, 0.3) is 10.6 Å². The topological polar surface area (TPSA) is 65.5 Å². The van der Waals surface area contributed by atoms with Crippen molar-refractivity contribution >= 4 is 34.3 Å². The second kappa shape index (κ2) is 12.9. The average Bonchev–Trinajstić information content (AvgIpc) is 3.40. The van der Waals surface area contributed by atoms with Crippen LogP contribution in [0.15, 0.2) is 27.9 Å². The molecular formula is C20H24Ar2N2O2S2. The van der Waals surface area contributed by atoms with Gasteiger partial charge in [0.15, 0.2) is 5.88 Å². The molecule has 0 saturated carbocycles. The number of nitrogens with zero attached hydrogens (tertiary/aromatic N) is 1. The maximum atomic E-state index is 12.4. The van der Waals surface area contributed by atoms with E-state index in [4.69, 9.17) is 0 Å². The summed E-state index contributed by atoms with van der Waals surface area (Å²) in [6, 6.07) is 3.98. The minimum absolute atomic E-state index is 0. The predicted octanol–water partition coefficient (Wildman–Crippen LogP) is 6.17. The molecule has 0 bridgehead atoms. The molecule has 0 unspecified atom stereocenters. The van der Waals surface area contributed by atoms with Crippen molar-refractivity contribution in [2.45, 2.75) is 41.5 Å². The molecule has 0 radical (unpaired) electrons. The fourth-order valence-electron chi connectivity index (χ4n) is 2.72. The summed E-state index contributed by atoms with van der Waals surface area (Å²) in [6.07, 6.45) is 0. The molecule has 4 nitrogen and oxygen atoms in total. The molecule has 1 amide bonds. The first-order valence-corrected chi connectivity index (χ1v) is 10.5. The second-order valence-electron chi connectivity index (χ2n) is 5.23. The number of aromatic hydroxyl groups is 1. The van der Waals surface area contributed by atoms with Gasteiger partial charge in [-0.05, 0) is 47.9 Å². The van der Waals surface area contributed by atoms with Crippen molar-refractivity contribution < 1.29 is 85.4 Å². The molecule has 1 aliphatic heterocycles. The molecule has 3 aromatic rings. The smallest absolute Gasteiger partial charge is 0.280 e. The number of hydrogen-bond acceptors (Lipinski definition) is 4. The zero-order valence-corrected chi connectivity index (χ0v) is 19.7. The summed E-state index contributed by atoms with van der Waals surface area (Å²) in [4.78, 5) is 21.5. The largest absolute Gasteiger partial charge is 0.494 e. The van der Waals surface area contributed by atoms with Crippen molar-refractivity contribution in [1.29, 1.82) is 0 Å². The number of H-pyrrole nitrogens is 1. The molecular weight excluding hydrogens is 444 g/mol. The van der Waals surface area contributed by atoms with E-state index in [2.05, 4.69) is 9.98 Å². The van der Waals surface area contributed by atoms with Gasteiger partial charge in [0.2, 0.25) is 0 Å². The van der Waals surface area contributed by atoms with Gasteiger partial charge < -0.3 is 10.1 Å². The normalized spacial score (nSPS) is 11.1. The number of thiophene rings is 2. The van der Waals surface area contributed by atoms with Crippen LogP contribution in [0.4, 0.5) is 0 Å². The van der Waals surface area contributed by atoms with E-state index >= 15 is 0 Å². The van der Waals surface area contributed by atoms with E-state index in [9.17, 15) is 9.90 Å². The molecule has 0 aromatic carbocycles. The third-order valence-corrected chi connectivity index (χ3v) is 5.87. The van der Waals surface area contributed by atoms with E-state index in [1.165, 1.54) is 11.3 Å². The third kappa shape index (κ3) is 5.33. The Bertz CT molecular complexity index is 955. The Kier molecular flexibility index (Phi) is 13.1. The molecule has 0 spiro atoms. The van der Waals surface area contributed by atoms with Gasteiger partial charge in [0, 0.05) is 75.5 Å². The Balaban J connectivity index is 0.00000115. The number of aromatic amines is 1. The van der Waals surface area contributed by atoms with Gasteiger partial charge in [0.05, 0.1) is 32.3 Å². The monoisotopic (exact) mass is 468 g/mol. The zero-order valence-electron chi connectivity index (χ0n) is 16.6. The molecule has 8 heteroatoms. The van der Waals surface area contributed by atoms with Crippen molar-refractivity contribution in [3.05, 3.63) is 50.0 Å². The third-order valence-electron chi connectivity index (χ3n) is 3.81. The number of hydrogen-bond donors (Lipinski definition) is 2. The van der Waals surface area contributed by atoms with Crippen LogP contribution < -0.4 is 0 Å².